The van der Waals surface area contributed by atoms with Gasteiger partial charge in [0.05, 0.1) is 0 Å². The summed E-state index contributed by atoms with van der Waals surface area (Å²) in [6.45, 7) is 14.1. The monoisotopic (exact) mass is 380 g/mol. The van der Waals surface area contributed by atoms with Crippen LogP contribution in [0.15, 0.2) is 103 Å². The van der Waals surface area contributed by atoms with Gasteiger partial charge in [-0.2, -0.15) is 0 Å². The minimum Gasteiger partial charge on any atom is -0.0985 e. The smallest absolute Gasteiger partial charge is 0.00145 e. The van der Waals surface area contributed by atoms with Crippen molar-refractivity contribution in [3.05, 3.63) is 120 Å². The van der Waals surface area contributed by atoms with Crippen LogP contribution in [0.5, 0.6) is 0 Å². The van der Waals surface area contributed by atoms with Gasteiger partial charge in [0.1, 0.15) is 0 Å². The van der Waals surface area contributed by atoms with Crippen molar-refractivity contribution in [1.82, 2.24) is 0 Å². The largest absolute Gasteiger partial charge is 0.0985 e. The molecule has 3 aromatic carbocycles. The van der Waals surface area contributed by atoms with Gasteiger partial charge in [-0.3, -0.25) is 0 Å². The Morgan fingerprint density at radius 1 is 0.621 bits per heavy atom. The first-order valence-electron chi connectivity index (χ1n) is 10.6. The molecule has 0 N–H and O–H groups in total. The molecule has 148 valence electrons. The van der Waals surface area contributed by atoms with E-state index < -0.39 is 0 Å². The Labute approximate surface area is 176 Å². The summed E-state index contributed by atoms with van der Waals surface area (Å²) >= 11 is 0. The third-order valence-electron chi connectivity index (χ3n) is 4.82. The lowest BCUT2D eigenvalue weighted by Crippen LogP contribution is -1.94. The van der Waals surface area contributed by atoms with Crippen molar-refractivity contribution < 1.29 is 0 Å². The van der Waals surface area contributed by atoms with Crippen LogP contribution < -0.4 is 0 Å². The fourth-order valence-corrected chi connectivity index (χ4v) is 3.71. The zero-order valence-electron chi connectivity index (χ0n) is 18.4. The Hall–Kier alpha value is -3.12. The van der Waals surface area contributed by atoms with E-state index in [9.17, 15) is 0 Å². The Morgan fingerprint density at radius 2 is 1.03 bits per heavy atom. The van der Waals surface area contributed by atoms with E-state index in [0.29, 0.717) is 0 Å². The van der Waals surface area contributed by atoms with E-state index in [4.69, 9.17) is 0 Å². The van der Waals surface area contributed by atoms with Crippen molar-refractivity contribution in [2.24, 2.45) is 0 Å². The Morgan fingerprint density at radius 3 is 1.45 bits per heavy atom. The molecule has 29 heavy (non-hydrogen) atoms. The van der Waals surface area contributed by atoms with Gasteiger partial charge in [0.25, 0.3) is 0 Å². The van der Waals surface area contributed by atoms with Gasteiger partial charge in [-0.25, -0.2) is 0 Å². The summed E-state index contributed by atoms with van der Waals surface area (Å²) in [5.74, 6) is 0. The number of benzene rings is 3. The maximum absolute atomic E-state index is 4.06. The van der Waals surface area contributed by atoms with Crippen molar-refractivity contribution in [3.63, 3.8) is 0 Å². The van der Waals surface area contributed by atoms with Crippen LogP contribution in [0.1, 0.15) is 51.3 Å². The van der Waals surface area contributed by atoms with Gasteiger partial charge < -0.3 is 0 Å². The van der Waals surface area contributed by atoms with E-state index in [1.54, 1.807) is 0 Å². The predicted octanol–water partition coefficient (Wildman–Crippen LogP) is 8.81. The predicted molar refractivity (Wildman–Crippen MR) is 131 cm³/mol. The summed E-state index contributed by atoms with van der Waals surface area (Å²) in [5, 5.41) is 0. The molecular formula is C29H32. The molecule has 0 amide bonds. The molecule has 4 rings (SSSR count). The van der Waals surface area contributed by atoms with Gasteiger partial charge in [0.2, 0.25) is 0 Å². The van der Waals surface area contributed by atoms with Gasteiger partial charge in [-0.05, 0) is 51.5 Å². The number of fused-ring (bicyclic) bond motifs is 3. The van der Waals surface area contributed by atoms with Gasteiger partial charge in [-0.15, -0.1) is 0 Å². The first-order valence-corrected chi connectivity index (χ1v) is 10.6. The van der Waals surface area contributed by atoms with Crippen LogP contribution in [0.2, 0.25) is 0 Å². The molecule has 0 heteroatoms. The zero-order chi connectivity index (χ0) is 21.2. The number of hydrogen-bond donors (Lipinski definition) is 0. The molecule has 0 aromatic heterocycles. The topological polar surface area (TPSA) is 0 Å². The van der Waals surface area contributed by atoms with Gasteiger partial charge >= 0.3 is 0 Å². The Bertz CT molecular complexity index is 953. The lowest BCUT2D eigenvalue weighted by atomic mass is 9.88. The number of hydrogen-bond acceptors (Lipinski definition) is 0. The van der Waals surface area contributed by atoms with E-state index in [1.165, 1.54) is 39.0 Å². The van der Waals surface area contributed by atoms with Gasteiger partial charge in [0.15, 0.2) is 0 Å². The maximum atomic E-state index is 4.06. The second kappa shape index (κ2) is 11.0. The highest BCUT2D eigenvalue weighted by Crippen LogP contribution is 2.48. The van der Waals surface area contributed by atoms with Crippen LogP contribution >= 0.6 is 0 Å². The molecule has 0 fully saturated rings. The maximum Gasteiger partial charge on any atom is -0.00145 e. The molecule has 3 aromatic rings. The average Bonchev–Trinajstić information content (AvgIpc) is 3.15. The van der Waals surface area contributed by atoms with E-state index in [-0.39, 0.29) is 0 Å². The molecule has 0 saturated heterocycles. The number of rotatable bonds is 3. The second-order valence-corrected chi connectivity index (χ2v) is 6.16. The SMILES string of the molecule is C=C/C(=C\C)C(=C1c2ccccc2-c2ccccc21)c1ccccc1.CC.CC. The molecule has 0 aliphatic heterocycles. The van der Waals surface area contributed by atoms with Crippen LogP contribution in [0.3, 0.4) is 0 Å². The van der Waals surface area contributed by atoms with Crippen molar-refractivity contribution in [3.8, 4) is 11.1 Å². The Balaban J connectivity index is 0.000000707. The lowest BCUT2D eigenvalue weighted by molar-refractivity contribution is 1.50. The quantitative estimate of drug-likeness (QED) is 0.311. The van der Waals surface area contributed by atoms with E-state index in [0.717, 1.165) is 5.57 Å². The fraction of sp³-hybridized carbons (Fsp3) is 0.172. The summed E-state index contributed by atoms with van der Waals surface area (Å²) in [7, 11) is 0. The lowest BCUT2D eigenvalue weighted by Gasteiger charge is -2.15. The van der Waals surface area contributed by atoms with Crippen LogP contribution in [0.4, 0.5) is 0 Å². The molecule has 0 radical (unpaired) electrons. The Kier molecular flexibility index (Phi) is 8.43. The zero-order valence-corrected chi connectivity index (χ0v) is 18.4. The first-order chi connectivity index (χ1) is 14.3. The van der Waals surface area contributed by atoms with E-state index in [1.807, 2.05) is 33.8 Å². The fourth-order valence-electron chi connectivity index (χ4n) is 3.71. The summed E-state index contributed by atoms with van der Waals surface area (Å²) in [4.78, 5) is 0. The molecule has 0 unspecified atom stereocenters. The molecule has 1 aliphatic carbocycles. The van der Waals surface area contributed by atoms with Gasteiger partial charge in [0, 0.05) is 0 Å². The summed E-state index contributed by atoms with van der Waals surface area (Å²) in [6, 6.07) is 28.0. The molecule has 1 aliphatic rings. The van der Waals surface area contributed by atoms with Gasteiger partial charge in [-0.1, -0.05) is 125 Å². The molecular weight excluding hydrogens is 348 g/mol. The summed E-state index contributed by atoms with van der Waals surface area (Å²) in [5.41, 5.74) is 10.1. The summed E-state index contributed by atoms with van der Waals surface area (Å²) < 4.78 is 0. The van der Waals surface area contributed by atoms with Crippen LogP contribution in [0.25, 0.3) is 22.3 Å². The molecule has 0 heterocycles. The van der Waals surface area contributed by atoms with Crippen molar-refractivity contribution in [1.29, 1.82) is 0 Å². The molecule has 0 nitrogen and oxygen atoms in total. The minimum atomic E-state index is 1.16. The second-order valence-electron chi connectivity index (χ2n) is 6.16. The first kappa shape index (κ1) is 22.2. The van der Waals surface area contributed by atoms with Crippen LogP contribution in [-0.2, 0) is 0 Å². The normalized spacial score (nSPS) is 11.2. The molecule has 0 atom stereocenters. The van der Waals surface area contributed by atoms with Crippen molar-refractivity contribution in [2.45, 2.75) is 34.6 Å². The highest BCUT2D eigenvalue weighted by molar-refractivity contribution is 6.13. The minimum absolute atomic E-state index is 1.16. The molecule has 0 bridgehead atoms. The van der Waals surface area contributed by atoms with E-state index in [2.05, 4.69) is 98.4 Å². The highest BCUT2D eigenvalue weighted by Gasteiger charge is 2.26. The van der Waals surface area contributed by atoms with Crippen molar-refractivity contribution in [2.75, 3.05) is 0 Å². The summed E-state index contributed by atoms with van der Waals surface area (Å²) in [6.07, 6.45) is 4.10. The third-order valence-corrected chi connectivity index (χ3v) is 4.82. The average molecular weight is 381 g/mol. The number of allylic oxidation sites excluding steroid dienone is 4. The molecule has 0 saturated carbocycles. The van der Waals surface area contributed by atoms with Crippen molar-refractivity contribution >= 4 is 11.1 Å². The standard InChI is InChI=1S/C25H20.2C2H6/c1-3-18(4-2)24(19-12-6-5-7-13-19)25-22-16-10-8-14-20(22)21-15-9-11-17-23(21)25;2*1-2/h3-17H,1H2,2H3;2*1-2H3/b18-4+;;. The van der Waals surface area contributed by atoms with Crippen LogP contribution in [-0.4, -0.2) is 0 Å². The molecule has 0 spiro atoms. The third kappa shape index (κ3) is 4.32. The highest BCUT2D eigenvalue weighted by atomic mass is 14.3. The van der Waals surface area contributed by atoms with E-state index >= 15 is 0 Å². The van der Waals surface area contributed by atoms with Crippen LogP contribution in [0, 0.1) is 0 Å².